The number of carbonyl (C=O) groups is 2. The SMILES string of the molecule is CCC(CCOC(=O)c1ccccc1)C(=O)O. The largest absolute Gasteiger partial charge is 0.481 e. The summed E-state index contributed by atoms with van der Waals surface area (Å²) >= 11 is 0. The van der Waals surface area contributed by atoms with Crippen molar-refractivity contribution in [2.45, 2.75) is 19.8 Å². The van der Waals surface area contributed by atoms with Crippen LogP contribution < -0.4 is 0 Å². The number of ether oxygens (including phenoxy) is 1. The third-order valence-corrected chi connectivity index (χ3v) is 2.55. The number of carboxylic acid groups (broad SMARTS) is 1. The molecule has 0 aliphatic heterocycles. The molecule has 0 radical (unpaired) electrons. The molecule has 0 fully saturated rings. The van der Waals surface area contributed by atoms with E-state index in [4.69, 9.17) is 9.84 Å². The number of carbonyl (C=O) groups excluding carboxylic acids is 1. The summed E-state index contributed by atoms with van der Waals surface area (Å²) in [4.78, 5) is 22.3. The molecular weight excluding hydrogens is 220 g/mol. The Kier molecular flexibility index (Phi) is 5.20. The molecule has 0 heterocycles. The molecule has 0 saturated heterocycles. The number of carboxylic acids is 1. The van der Waals surface area contributed by atoms with Crippen LogP contribution in [0.1, 0.15) is 30.1 Å². The molecule has 4 nitrogen and oxygen atoms in total. The second-order valence-electron chi connectivity index (χ2n) is 3.73. The van der Waals surface area contributed by atoms with E-state index in [-0.39, 0.29) is 6.61 Å². The minimum atomic E-state index is -0.844. The van der Waals surface area contributed by atoms with Crippen molar-refractivity contribution >= 4 is 11.9 Å². The molecule has 1 N–H and O–H groups in total. The van der Waals surface area contributed by atoms with Crippen LogP contribution in [0.4, 0.5) is 0 Å². The zero-order chi connectivity index (χ0) is 12.7. The lowest BCUT2D eigenvalue weighted by Gasteiger charge is -2.09. The first-order valence-corrected chi connectivity index (χ1v) is 5.60. The van der Waals surface area contributed by atoms with E-state index < -0.39 is 17.9 Å². The first kappa shape index (κ1) is 13.2. The molecular formula is C13H16O4. The molecule has 0 aromatic heterocycles. The average Bonchev–Trinajstić information content (AvgIpc) is 2.35. The Morgan fingerprint density at radius 1 is 1.29 bits per heavy atom. The molecule has 1 atom stereocenters. The Balaban J connectivity index is 2.37. The molecule has 1 aromatic carbocycles. The minimum Gasteiger partial charge on any atom is -0.481 e. The highest BCUT2D eigenvalue weighted by molar-refractivity contribution is 5.89. The van der Waals surface area contributed by atoms with E-state index in [1.165, 1.54) is 0 Å². The van der Waals surface area contributed by atoms with Gasteiger partial charge in [-0.15, -0.1) is 0 Å². The van der Waals surface area contributed by atoms with Gasteiger partial charge >= 0.3 is 11.9 Å². The maximum atomic E-state index is 11.5. The molecule has 4 heteroatoms. The van der Waals surface area contributed by atoms with Crippen LogP contribution in [0.2, 0.25) is 0 Å². The smallest absolute Gasteiger partial charge is 0.338 e. The Bertz CT molecular complexity index is 372. The van der Waals surface area contributed by atoms with Crippen molar-refractivity contribution in [2.75, 3.05) is 6.61 Å². The van der Waals surface area contributed by atoms with E-state index in [9.17, 15) is 9.59 Å². The first-order valence-electron chi connectivity index (χ1n) is 5.60. The number of esters is 1. The highest BCUT2D eigenvalue weighted by Crippen LogP contribution is 2.09. The molecule has 1 aromatic rings. The van der Waals surface area contributed by atoms with Crippen molar-refractivity contribution in [1.29, 1.82) is 0 Å². The summed E-state index contributed by atoms with van der Waals surface area (Å²) in [6, 6.07) is 8.65. The van der Waals surface area contributed by atoms with Gasteiger partial charge < -0.3 is 9.84 Å². The van der Waals surface area contributed by atoms with E-state index in [1.54, 1.807) is 31.2 Å². The standard InChI is InChI=1S/C13H16O4/c1-2-10(12(14)15)8-9-17-13(16)11-6-4-3-5-7-11/h3-7,10H,2,8-9H2,1H3,(H,14,15). The van der Waals surface area contributed by atoms with Crippen LogP contribution >= 0.6 is 0 Å². The lowest BCUT2D eigenvalue weighted by molar-refractivity contribution is -0.142. The van der Waals surface area contributed by atoms with Gasteiger partial charge in [0, 0.05) is 0 Å². The van der Waals surface area contributed by atoms with Gasteiger partial charge in [-0.2, -0.15) is 0 Å². The summed E-state index contributed by atoms with van der Waals surface area (Å²) < 4.78 is 5.01. The second-order valence-corrected chi connectivity index (χ2v) is 3.73. The van der Waals surface area contributed by atoms with Crippen LogP contribution in [0.15, 0.2) is 30.3 Å². The van der Waals surface area contributed by atoms with E-state index in [2.05, 4.69) is 0 Å². The maximum Gasteiger partial charge on any atom is 0.338 e. The Morgan fingerprint density at radius 2 is 1.94 bits per heavy atom. The van der Waals surface area contributed by atoms with Crippen molar-refractivity contribution in [3.8, 4) is 0 Å². The van der Waals surface area contributed by atoms with Crippen LogP contribution in [-0.4, -0.2) is 23.7 Å². The van der Waals surface area contributed by atoms with Gasteiger partial charge in [-0.05, 0) is 25.0 Å². The van der Waals surface area contributed by atoms with Crippen molar-refractivity contribution in [2.24, 2.45) is 5.92 Å². The average molecular weight is 236 g/mol. The van der Waals surface area contributed by atoms with Crippen LogP contribution in [0.5, 0.6) is 0 Å². The van der Waals surface area contributed by atoms with E-state index in [0.717, 1.165) is 0 Å². The monoisotopic (exact) mass is 236 g/mol. The topological polar surface area (TPSA) is 63.6 Å². The Hall–Kier alpha value is -1.84. The van der Waals surface area contributed by atoms with Gasteiger partial charge in [0.05, 0.1) is 18.1 Å². The lowest BCUT2D eigenvalue weighted by Crippen LogP contribution is -2.16. The van der Waals surface area contributed by atoms with E-state index in [1.807, 2.05) is 6.07 Å². The van der Waals surface area contributed by atoms with Gasteiger partial charge in [-0.1, -0.05) is 25.1 Å². The summed E-state index contributed by atoms with van der Waals surface area (Å²) in [7, 11) is 0. The summed E-state index contributed by atoms with van der Waals surface area (Å²) in [6.07, 6.45) is 0.891. The fourth-order valence-electron chi connectivity index (χ4n) is 1.45. The van der Waals surface area contributed by atoms with E-state index >= 15 is 0 Å². The molecule has 0 bridgehead atoms. The third kappa shape index (κ3) is 4.26. The maximum absolute atomic E-state index is 11.5. The van der Waals surface area contributed by atoms with Gasteiger partial charge in [0.15, 0.2) is 0 Å². The van der Waals surface area contributed by atoms with Crippen LogP contribution in [0.25, 0.3) is 0 Å². The molecule has 92 valence electrons. The van der Waals surface area contributed by atoms with Gasteiger partial charge in [0.2, 0.25) is 0 Å². The quantitative estimate of drug-likeness (QED) is 0.770. The van der Waals surface area contributed by atoms with Gasteiger partial charge in [0.25, 0.3) is 0 Å². The molecule has 0 amide bonds. The summed E-state index contributed by atoms with van der Waals surface area (Å²) in [5.41, 5.74) is 0.482. The summed E-state index contributed by atoms with van der Waals surface area (Å²) in [5, 5.41) is 8.82. The fraction of sp³-hybridized carbons (Fsp3) is 0.385. The molecule has 0 aliphatic carbocycles. The van der Waals surface area contributed by atoms with Crippen molar-refractivity contribution in [1.82, 2.24) is 0 Å². The highest BCUT2D eigenvalue weighted by atomic mass is 16.5. The molecule has 0 saturated carbocycles. The lowest BCUT2D eigenvalue weighted by atomic mass is 10.0. The minimum absolute atomic E-state index is 0.137. The summed E-state index contributed by atoms with van der Waals surface area (Å²) in [5.74, 6) is -1.70. The predicted molar refractivity (Wildman–Crippen MR) is 62.8 cm³/mol. The van der Waals surface area contributed by atoms with Crippen molar-refractivity contribution in [3.63, 3.8) is 0 Å². The van der Waals surface area contributed by atoms with Gasteiger partial charge in [-0.25, -0.2) is 4.79 Å². The molecule has 0 spiro atoms. The van der Waals surface area contributed by atoms with Crippen molar-refractivity contribution in [3.05, 3.63) is 35.9 Å². The number of hydrogen-bond donors (Lipinski definition) is 1. The molecule has 17 heavy (non-hydrogen) atoms. The Labute approximate surface area is 100 Å². The summed E-state index contributed by atoms with van der Waals surface area (Å²) in [6.45, 7) is 1.94. The van der Waals surface area contributed by atoms with Gasteiger partial charge in [0.1, 0.15) is 0 Å². The number of rotatable bonds is 6. The normalized spacial score (nSPS) is 11.8. The van der Waals surface area contributed by atoms with Gasteiger partial charge in [-0.3, -0.25) is 4.79 Å². The highest BCUT2D eigenvalue weighted by Gasteiger charge is 2.15. The number of aliphatic carboxylic acids is 1. The number of hydrogen-bond acceptors (Lipinski definition) is 3. The van der Waals surface area contributed by atoms with E-state index in [0.29, 0.717) is 18.4 Å². The van der Waals surface area contributed by atoms with Crippen LogP contribution in [-0.2, 0) is 9.53 Å². The van der Waals surface area contributed by atoms with Crippen LogP contribution in [0, 0.1) is 5.92 Å². The zero-order valence-electron chi connectivity index (χ0n) is 9.76. The molecule has 0 aliphatic rings. The first-order chi connectivity index (χ1) is 8.15. The molecule has 1 unspecified atom stereocenters. The fourth-order valence-corrected chi connectivity index (χ4v) is 1.45. The molecule has 1 rings (SSSR count). The predicted octanol–water partition coefficient (Wildman–Crippen LogP) is 2.34. The Morgan fingerprint density at radius 3 is 2.47 bits per heavy atom. The third-order valence-electron chi connectivity index (χ3n) is 2.55. The van der Waals surface area contributed by atoms with Crippen molar-refractivity contribution < 1.29 is 19.4 Å². The number of benzene rings is 1. The second kappa shape index (κ2) is 6.68. The van der Waals surface area contributed by atoms with Crippen LogP contribution in [0.3, 0.4) is 0 Å². The zero-order valence-corrected chi connectivity index (χ0v) is 9.76.